The first-order chi connectivity index (χ1) is 9.00. The molecule has 0 radical (unpaired) electrons. The SMILES string of the molecule is CC(=O)CCCOC(=O)C=C(C)c1ccccc1F. The molecule has 0 N–H and O–H groups in total. The van der Waals surface area contributed by atoms with Gasteiger partial charge in [-0.1, -0.05) is 18.2 Å². The van der Waals surface area contributed by atoms with Crippen molar-refractivity contribution < 1.29 is 18.7 Å². The molecule has 0 bridgehead atoms. The molecule has 0 unspecified atom stereocenters. The molecule has 0 aliphatic heterocycles. The highest BCUT2D eigenvalue weighted by molar-refractivity contribution is 5.90. The number of allylic oxidation sites excluding steroid dienone is 1. The van der Waals surface area contributed by atoms with Gasteiger partial charge in [-0.25, -0.2) is 9.18 Å². The first-order valence-corrected chi connectivity index (χ1v) is 6.10. The molecule has 0 saturated heterocycles. The van der Waals surface area contributed by atoms with Crippen molar-refractivity contribution in [2.45, 2.75) is 26.7 Å². The van der Waals surface area contributed by atoms with E-state index in [0.29, 0.717) is 24.0 Å². The van der Waals surface area contributed by atoms with E-state index in [1.807, 2.05) is 0 Å². The van der Waals surface area contributed by atoms with E-state index in [1.165, 1.54) is 19.1 Å². The van der Waals surface area contributed by atoms with Crippen molar-refractivity contribution >= 4 is 17.3 Å². The third-order valence-electron chi connectivity index (χ3n) is 2.55. The lowest BCUT2D eigenvalue weighted by Gasteiger charge is -2.04. The highest BCUT2D eigenvalue weighted by Crippen LogP contribution is 2.17. The predicted molar refractivity (Wildman–Crippen MR) is 70.9 cm³/mol. The van der Waals surface area contributed by atoms with E-state index in [0.717, 1.165) is 0 Å². The van der Waals surface area contributed by atoms with Gasteiger partial charge in [-0.3, -0.25) is 0 Å². The van der Waals surface area contributed by atoms with Crippen LogP contribution in [-0.2, 0) is 14.3 Å². The van der Waals surface area contributed by atoms with E-state index in [-0.39, 0.29) is 18.2 Å². The van der Waals surface area contributed by atoms with Crippen LogP contribution in [0.2, 0.25) is 0 Å². The third kappa shape index (κ3) is 5.46. The van der Waals surface area contributed by atoms with Crippen LogP contribution < -0.4 is 0 Å². The molecule has 19 heavy (non-hydrogen) atoms. The van der Waals surface area contributed by atoms with Gasteiger partial charge in [0.15, 0.2) is 0 Å². The number of Topliss-reactive ketones (excluding diaryl/α,β-unsaturated/α-hetero) is 1. The maximum Gasteiger partial charge on any atom is 0.331 e. The molecule has 0 fully saturated rings. The van der Waals surface area contributed by atoms with Crippen molar-refractivity contribution in [3.63, 3.8) is 0 Å². The summed E-state index contributed by atoms with van der Waals surface area (Å²) in [6.07, 6.45) is 2.16. The molecule has 0 atom stereocenters. The Balaban J connectivity index is 2.52. The zero-order valence-electron chi connectivity index (χ0n) is 11.1. The minimum absolute atomic E-state index is 0.0640. The minimum Gasteiger partial charge on any atom is -0.463 e. The van der Waals surface area contributed by atoms with Gasteiger partial charge in [0, 0.05) is 18.1 Å². The Hall–Kier alpha value is -1.97. The quantitative estimate of drug-likeness (QED) is 0.450. The number of benzene rings is 1. The third-order valence-corrected chi connectivity index (χ3v) is 2.55. The largest absolute Gasteiger partial charge is 0.463 e. The van der Waals surface area contributed by atoms with Gasteiger partial charge in [0.25, 0.3) is 0 Å². The molecule has 0 saturated carbocycles. The topological polar surface area (TPSA) is 43.4 Å². The second-order valence-corrected chi connectivity index (χ2v) is 4.28. The molecule has 102 valence electrons. The van der Waals surface area contributed by atoms with Crippen LogP contribution in [0.5, 0.6) is 0 Å². The fraction of sp³-hybridized carbons (Fsp3) is 0.333. The predicted octanol–water partition coefficient (Wildman–Crippen LogP) is 3.14. The van der Waals surface area contributed by atoms with Crippen molar-refractivity contribution in [2.24, 2.45) is 0 Å². The number of carbonyl (C=O) groups is 2. The molecule has 0 heterocycles. The van der Waals surface area contributed by atoms with Crippen LogP contribution in [0.3, 0.4) is 0 Å². The number of hydrogen-bond acceptors (Lipinski definition) is 3. The lowest BCUT2D eigenvalue weighted by atomic mass is 10.1. The van der Waals surface area contributed by atoms with Gasteiger partial charge in [0.1, 0.15) is 11.6 Å². The number of rotatable bonds is 6. The zero-order valence-corrected chi connectivity index (χ0v) is 11.1. The summed E-state index contributed by atoms with van der Waals surface area (Å²) in [5.41, 5.74) is 0.887. The average Bonchev–Trinajstić information content (AvgIpc) is 2.35. The first-order valence-electron chi connectivity index (χ1n) is 6.10. The molecule has 0 spiro atoms. The molecular formula is C15H17FO3. The van der Waals surface area contributed by atoms with Gasteiger partial charge in [0.2, 0.25) is 0 Å². The second-order valence-electron chi connectivity index (χ2n) is 4.28. The van der Waals surface area contributed by atoms with Gasteiger partial charge in [-0.05, 0) is 31.9 Å². The number of esters is 1. The minimum atomic E-state index is -0.524. The Morgan fingerprint density at radius 1 is 1.26 bits per heavy atom. The van der Waals surface area contributed by atoms with E-state index in [1.54, 1.807) is 25.1 Å². The molecular weight excluding hydrogens is 247 g/mol. The van der Waals surface area contributed by atoms with E-state index in [2.05, 4.69) is 0 Å². The van der Waals surface area contributed by atoms with Crippen molar-refractivity contribution in [3.05, 3.63) is 41.7 Å². The van der Waals surface area contributed by atoms with E-state index in [4.69, 9.17) is 4.74 Å². The summed E-state index contributed by atoms with van der Waals surface area (Å²) in [6.45, 7) is 3.33. The van der Waals surface area contributed by atoms with Crippen molar-refractivity contribution in [1.82, 2.24) is 0 Å². The molecule has 1 aromatic rings. The van der Waals surface area contributed by atoms with Gasteiger partial charge in [-0.15, -0.1) is 0 Å². The van der Waals surface area contributed by atoms with Crippen molar-refractivity contribution in [2.75, 3.05) is 6.61 Å². The zero-order chi connectivity index (χ0) is 14.3. The monoisotopic (exact) mass is 264 g/mol. The second kappa shape index (κ2) is 7.46. The fourth-order valence-electron chi connectivity index (χ4n) is 1.57. The molecule has 1 rings (SSSR count). The molecule has 1 aromatic carbocycles. The van der Waals surface area contributed by atoms with Crippen molar-refractivity contribution in [1.29, 1.82) is 0 Å². The lowest BCUT2D eigenvalue weighted by molar-refractivity contribution is -0.138. The molecule has 3 nitrogen and oxygen atoms in total. The standard InChI is InChI=1S/C15H17FO3/c1-11(13-7-3-4-8-14(13)16)10-15(18)19-9-5-6-12(2)17/h3-4,7-8,10H,5-6,9H2,1-2H3. The molecule has 0 amide bonds. The highest BCUT2D eigenvalue weighted by Gasteiger charge is 2.06. The van der Waals surface area contributed by atoms with Gasteiger partial charge < -0.3 is 9.53 Å². The maximum atomic E-state index is 13.5. The number of hydrogen-bond donors (Lipinski definition) is 0. The number of halogens is 1. The Morgan fingerprint density at radius 3 is 2.58 bits per heavy atom. The van der Waals surface area contributed by atoms with Crippen LogP contribution in [0.25, 0.3) is 5.57 Å². The summed E-state index contributed by atoms with van der Waals surface area (Å²) in [5.74, 6) is -0.834. The molecule has 0 aliphatic carbocycles. The van der Waals surface area contributed by atoms with Crippen LogP contribution in [0.15, 0.2) is 30.3 Å². The Morgan fingerprint density at radius 2 is 1.95 bits per heavy atom. The molecule has 4 heteroatoms. The Kier molecular flexibility index (Phi) is 5.93. The van der Waals surface area contributed by atoms with Crippen LogP contribution >= 0.6 is 0 Å². The van der Waals surface area contributed by atoms with Gasteiger partial charge >= 0.3 is 5.97 Å². The summed E-state index contributed by atoms with van der Waals surface area (Å²) in [6, 6.07) is 6.23. The van der Waals surface area contributed by atoms with E-state index < -0.39 is 5.97 Å². The smallest absolute Gasteiger partial charge is 0.331 e. The normalized spacial score (nSPS) is 11.2. The maximum absolute atomic E-state index is 13.5. The molecule has 0 aliphatic rings. The summed E-state index contributed by atoms with van der Waals surface area (Å²) in [5, 5.41) is 0. The van der Waals surface area contributed by atoms with Gasteiger partial charge in [0.05, 0.1) is 6.61 Å². The summed E-state index contributed by atoms with van der Waals surface area (Å²) >= 11 is 0. The fourth-order valence-corrected chi connectivity index (χ4v) is 1.57. The number of ether oxygens (including phenoxy) is 1. The number of carbonyl (C=O) groups excluding carboxylic acids is 2. The molecule has 0 aromatic heterocycles. The van der Waals surface area contributed by atoms with Crippen LogP contribution in [0, 0.1) is 5.82 Å². The van der Waals surface area contributed by atoms with E-state index in [9.17, 15) is 14.0 Å². The summed E-state index contributed by atoms with van der Waals surface area (Å²) in [7, 11) is 0. The highest BCUT2D eigenvalue weighted by atomic mass is 19.1. The van der Waals surface area contributed by atoms with Crippen LogP contribution in [0.1, 0.15) is 32.3 Å². The van der Waals surface area contributed by atoms with Crippen molar-refractivity contribution in [3.8, 4) is 0 Å². The first kappa shape index (κ1) is 15.1. The van der Waals surface area contributed by atoms with E-state index >= 15 is 0 Å². The summed E-state index contributed by atoms with van der Waals surface area (Å²) < 4.78 is 18.4. The van der Waals surface area contributed by atoms with Crippen LogP contribution in [0.4, 0.5) is 4.39 Å². The average molecular weight is 264 g/mol. The summed E-state index contributed by atoms with van der Waals surface area (Å²) in [4.78, 5) is 22.2. The Bertz CT molecular complexity index is 492. The Labute approximate surface area is 112 Å². The van der Waals surface area contributed by atoms with Crippen LogP contribution in [-0.4, -0.2) is 18.4 Å². The van der Waals surface area contributed by atoms with Gasteiger partial charge in [-0.2, -0.15) is 0 Å². The lowest BCUT2D eigenvalue weighted by Crippen LogP contribution is -2.04. The number of ketones is 1.